The van der Waals surface area contributed by atoms with Gasteiger partial charge in [-0.05, 0) is 44.5 Å². The van der Waals surface area contributed by atoms with Crippen molar-refractivity contribution in [3.8, 4) is 5.69 Å². The minimum Gasteiger partial charge on any atom is -0.468 e. The van der Waals surface area contributed by atoms with Gasteiger partial charge in [0.15, 0.2) is 5.16 Å². The number of methoxy groups -OCH3 is 1. The Hall–Kier alpha value is -2.60. The van der Waals surface area contributed by atoms with Gasteiger partial charge in [-0.2, -0.15) is 0 Å². The quantitative estimate of drug-likeness (QED) is 0.400. The number of hydrogen-bond donors (Lipinski definition) is 0. The molecule has 0 bridgehead atoms. The third-order valence-electron chi connectivity index (χ3n) is 4.15. The molecule has 0 amide bonds. The maximum atomic E-state index is 13.2. The highest BCUT2D eigenvalue weighted by Crippen LogP contribution is 2.27. The van der Waals surface area contributed by atoms with Gasteiger partial charge >= 0.3 is 5.97 Å². The normalized spacial score (nSPS) is 12.2. The van der Waals surface area contributed by atoms with Crippen LogP contribution in [0.25, 0.3) is 16.6 Å². The topological polar surface area (TPSA) is 61.2 Å². The van der Waals surface area contributed by atoms with Crippen LogP contribution in [0.2, 0.25) is 0 Å². The first kappa shape index (κ1) is 18.2. The molecule has 6 heteroatoms. The second kappa shape index (κ2) is 7.33. The molecule has 3 aromatic rings. The van der Waals surface area contributed by atoms with Gasteiger partial charge in [0.05, 0.1) is 23.7 Å². The summed E-state index contributed by atoms with van der Waals surface area (Å²) in [6.45, 7) is 5.71. The lowest BCUT2D eigenvalue weighted by Crippen LogP contribution is -2.24. The van der Waals surface area contributed by atoms with Crippen LogP contribution >= 0.6 is 11.8 Å². The summed E-state index contributed by atoms with van der Waals surface area (Å²) in [5, 5.41) is 0.533. The lowest BCUT2D eigenvalue weighted by Gasteiger charge is -2.17. The molecule has 2 aromatic carbocycles. The third kappa shape index (κ3) is 3.37. The highest BCUT2D eigenvalue weighted by atomic mass is 32.2. The largest absolute Gasteiger partial charge is 0.468 e. The standard InChI is InChI=1S/C20H20N2O3S/c1-12-9-10-17(13(2)11-12)22-18(23)15-7-5-6-8-16(15)21-20(22)26-14(3)19(24)25-4/h5-11,14H,1-4H3/t14-/m1/s1. The fourth-order valence-corrected chi connectivity index (χ4v) is 3.78. The Bertz CT molecular complexity index is 1040. The summed E-state index contributed by atoms with van der Waals surface area (Å²) in [6, 6.07) is 13.1. The van der Waals surface area contributed by atoms with Crippen molar-refractivity contribution in [3.63, 3.8) is 0 Å². The van der Waals surface area contributed by atoms with E-state index in [0.717, 1.165) is 16.8 Å². The second-order valence-electron chi connectivity index (χ2n) is 6.13. The minimum atomic E-state index is -0.481. The fourth-order valence-electron chi connectivity index (χ4n) is 2.83. The van der Waals surface area contributed by atoms with E-state index in [2.05, 4.69) is 4.98 Å². The van der Waals surface area contributed by atoms with E-state index in [-0.39, 0.29) is 11.5 Å². The first-order valence-electron chi connectivity index (χ1n) is 8.26. The molecule has 0 radical (unpaired) electrons. The molecule has 1 aromatic heterocycles. The van der Waals surface area contributed by atoms with Crippen molar-refractivity contribution in [2.45, 2.75) is 31.2 Å². The number of carbonyl (C=O) groups is 1. The molecule has 0 unspecified atom stereocenters. The number of hydrogen-bond acceptors (Lipinski definition) is 5. The van der Waals surface area contributed by atoms with Crippen molar-refractivity contribution in [1.82, 2.24) is 9.55 Å². The van der Waals surface area contributed by atoms with E-state index in [1.165, 1.54) is 18.9 Å². The molecule has 0 saturated heterocycles. The van der Waals surface area contributed by atoms with Crippen LogP contribution in [0.1, 0.15) is 18.1 Å². The number of rotatable bonds is 4. The fraction of sp³-hybridized carbons (Fsp3) is 0.250. The van der Waals surface area contributed by atoms with Gasteiger partial charge in [-0.15, -0.1) is 0 Å². The van der Waals surface area contributed by atoms with Crippen LogP contribution in [0.5, 0.6) is 0 Å². The molecule has 0 N–H and O–H groups in total. The van der Waals surface area contributed by atoms with E-state index in [1.807, 2.05) is 44.2 Å². The van der Waals surface area contributed by atoms with Crippen LogP contribution in [-0.4, -0.2) is 27.9 Å². The van der Waals surface area contributed by atoms with E-state index >= 15 is 0 Å². The number of thioether (sulfide) groups is 1. The molecule has 0 fully saturated rings. The molecule has 26 heavy (non-hydrogen) atoms. The molecule has 0 aliphatic rings. The van der Waals surface area contributed by atoms with Crippen molar-refractivity contribution in [1.29, 1.82) is 0 Å². The Morgan fingerprint density at radius 3 is 2.62 bits per heavy atom. The monoisotopic (exact) mass is 368 g/mol. The Morgan fingerprint density at radius 2 is 1.92 bits per heavy atom. The summed E-state index contributed by atoms with van der Waals surface area (Å²) >= 11 is 1.22. The predicted octanol–water partition coefficient (Wildman–Crippen LogP) is 3.66. The number of nitrogens with zero attached hydrogens (tertiary/aromatic N) is 2. The van der Waals surface area contributed by atoms with E-state index in [1.54, 1.807) is 23.6 Å². The van der Waals surface area contributed by atoms with Crippen molar-refractivity contribution in [3.05, 3.63) is 63.9 Å². The molecule has 3 rings (SSSR count). The zero-order valence-electron chi connectivity index (χ0n) is 15.1. The molecular formula is C20H20N2O3S. The number of carbonyl (C=O) groups excluding carboxylic acids is 1. The van der Waals surface area contributed by atoms with Gasteiger partial charge in [-0.25, -0.2) is 4.98 Å². The zero-order chi connectivity index (χ0) is 18.8. The molecule has 1 atom stereocenters. The lowest BCUT2D eigenvalue weighted by molar-refractivity contribution is -0.139. The van der Waals surface area contributed by atoms with Crippen LogP contribution in [0.3, 0.4) is 0 Å². The third-order valence-corrected chi connectivity index (χ3v) is 5.18. The van der Waals surface area contributed by atoms with Gasteiger partial charge in [-0.3, -0.25) is 14.2 Å². The van der Waals surface area contributed by atoms with Gasteiger partial charge in [0.1, 0.15) is 5.25 Å². The number of aryl methyl sites for hydroxylation is 2. The van der Waals surface area contributed by atoms with Crippen molar-refractivity contribution in [2.24, 2.45) is 0 Å². The Balaban J connectivity index is 2.27. The number of benzene rings is 2. The first-order chi connectivity index (χ1) is 12.4. The molecule has 0 aliphatic carbocycles. The molecule has 134 valence electrons. The van der Waals surface area contributed by atoms with Crippen LogP contribution in [0, 0.1) is 13.8 Å². The summed E-state index contributed by atoms with van der Waals surface area (Å²) in [6.07, 6.45) is 0. The number of aromatic nitrogens is 2. The van der Waals surface area contributed by atoms with E-state index < -0.39 is 5.25 Å². The number of ether oxygens (including phenoxy) is 1. The van der Waals surface area contributed by atoms with Crippen LogP contribution < -0.4 is 5.56 Å². The van der Waals surface area contributed by atoms with Gasteiger partial charge in [-0.1, -0.05) is 41.6 Å². The van der Waals surface area contributed by atoms with Gasteiger partial charge < -0.3 is 4.74 Å². The van der Waals surface area contributed by atoms with Crippen molar-refractivity contribution >= 4 is 28.6 Å². The molecule has 0 aliphatic heterocycles. The van der Waals surface area contributed by atoms with E-state index in [4.69, 9.17) is 4.74 Å². The number of esters is 1. The SMILES string of the molecule is COC(=O)[C@@H](C)Sc1nc2ccccc2c(=O)n1-c1ccc(C)cc1C. The Kier molecular flexibility index (Phi) is 5.13. The zero-order valence-corrected chi connectivity index (χ0v) is 16.0. The highest BCUT2D eigenvalue weighted by molar-refractivity contribution is 8.00. The number of fused-ring (bicyclic) bond motifs is 1. The smallest absolute Gasteiger partial charge is 0.318 e. The summed E-state index contributed by atoms with van der Waals surface area (Å²) in [4.78, 5) is 29.7. The molecule has 5 nitrogen and oxygen atoms in total. The van der Waals surface area contributed by atoms with Gasteiger partial charge in [0.2, 0.25) is 0 Å². The van der Waals surface area contributed by atoms with Crippen molar-refractivity contribution < 1.29 is 9.53 Å². The number of para-hydroxylation sites is 1. The molecule has 0 saturated carbocycles. The van der Waals surface area contributed by atoms with E-state index in [0.29, 0.717) is 16.1 Å². The maximum absolute atomic E-state index is 13.2. The summed E-state index contributed by atoms with van der Waals surface area (Å²) < 4.78 is 6.40. The molecule has 0 spiro atoms. The van der Waals surface area contributed by atoms with Crippen LogP contribution in [0.4, 0.5) is 0 Å². The van der Waals surface area contributed by atoms with E-state index in [9.17, 15) is 9.59 Å². The Labute approximate surface area is 156 Å². The summed E-state index contributed by atoms with van der Waals surface area (Å²) in [7, 11) is 1.35. The minimum absolute atomic E-state index is 0.151. The molecular weight excluding hydrogens is 348 g/mol. The van der Waals surface area contributed by atoms with Crippen molar-refractivity contribution in [2.75, 3.05) is 7.11 Å². The summed E-state index contributed by atoms with van der Waals surface area (Å²) in [5.41, 5.74) is 3.31. The predicted molar refractivity (Wildman–Crippen MR) is 104 cm³/mol. The lowest BCUT2D eigenvalue weighted by atomic mass is 10.1. The first-order valence-corrected chi connectivity index (χ1v) is 9.14. The second-order valence-corrected chi connectivity index (χ2v) is 7.43. The van der Waals surface area contributed by atoms with Gasteiger partial charge in [0.25, 0.3) is 5.56 Å². The van der Waals surface area contributed by atoms with Crippen LogP contribution in [-0.2, 0) is 9.53 Å². The summed E-state index contributed by atoms with van der Waals surface area (Å²) in [5.74, 6) is -0.357. The van der Waals surface area contributed by atoms with Crippen LogP contribution in [0.15, 0.2) is 52.4 Å². The van der Waals surface area contributed by atoms with Gasteiger partial charge in [0, 0.05) is 0 Å². The maximum Gasteiger partial charge on any atom is 0.318 e. The Morgan fingerprint density at radius 1 is 1.19 bits per heavy atom. The average Bonchev–Trinajstić information content (AvgIpc) is 2.62. The highest BCUT2D eigenvalue weighted by Gasteiger charge is 2.21. The molecule has 1 heterocycles. The average molecular weight is 368 g/mol.